The minimum absolute atomic E-state index is 0.116. The van der Waals surface area contributed by atoms with Gasteiger partial charge >= 0.3 is 0 Å². The van der Waals surface area contributed by atoms with Crippen LogP contribution in [-0.4, -0.2) is 18.8 Å². The number of aliphatic hydroxyl groups excluding tert-OH is 1. The van der Waals surface area contributed by atoms with E-state index in [0.29, 0.717) is 12.2 Å². The molecule has 80 valence electrons. The second-order valence-corrected chi connectivity index (χ2v) is 3.98. The Morgan fingerprint density at radius 2 is 2.33 bits per heavy atom. The Bertz CT molecular complexity index is 476. The first-order valence-electron chi connectivity index (χ1n) is 4.61. The molecule has 15 heavy (non-hydrogen) atoms. The van der Waals surface area contributed by atoms with Gasteiger partial charge in [0.05, 0.1) is 13.4 Å². The minimum atomic E-state index is 0.116. The van der Waals surface area contributed by atoms with Crippen molar-refractivity contribution in [2.75, 3.05) is 13.7 Å². The van der Waals surface area contributed by atoms with Gasteiger partial charge in [0.1, 0.15) is 0 Å². The van der Waals surface area contributed by atoms with Gasteiger partial charge in [-0.3, -0.25) is 0 Å². The summed E-state index contributed by atoms with van der Waals surface area (Å²) in [4.78, 5) is 0. The van der Waals surface area contributed by atoms with E-state index >= 15 is 0 Å². The van der Waals surface area contributed by atoms with Crippen molar-refractivity contribution in [1.29, 1.82) is 0 Å². The molecule has 0 aliphatic heterocycles. The van der Waals surface area contributed by atoms with Crippen molar-refractivity contribution in [3.8, 4) is 5.75 Å². The number of halogens is 1. The van der Waals surface area contributed by atoms with Crippen molar-refractivity contribution in [2.45, 2.75) is 6.42 Å². The largest absolute Gasteiger partial charge is 0.493 e. The Hall–Kier alpha value is -1.00. The molecule has 0 atom stereocenters. The second-order valence-electron chi connectivity index (χ2n) is 3.19. The number of ether oxygens (including phenoxy) is 1. The number of rotatable bonds is 3. The number of furan rings is 1. The smallest absolute Gasteiger partial charge is 0.176 e. The number of methoxy groups -OCH3 is 1. The molecule has 3 nitrogen and oxygen atoms in total. The molecule has 0 aliphatic rings. The summed E-state index contributed by atoms with van der Waals surface area (Å²) in [5.41, 5.74) is 1.74. The van der Waals surface area contributed by atoms with E-state index in [2.05, 4.69) is 15.9 Å². The molecular weight excluding hydrogens is 260 g/mol. The molecule has 1 aromatic heterocycles. The monoisotopic (exact) mass is 270 g/mol. The van der Waals surface area contributed by atoms with Crippen LogP contribution in [0.1, 0.15) is 5.56 Å². The van der Waals surface area contributed by atoms with Crippen LogP contribution >= 0.6 is 15.9 Å². The van der Waals surface area contributed by atoms with Gasteiger partial charge in [-0.2, -0.15) is 0 Å². The van der Waals surface area contributed by atoms with E-state index < -0.39 is 0 Å². The van der Waals surface area contributed by atoms with Crippen LogP contribution in [-0.2, 0) is 6.42 Å². The van der Waals surface area contributed by atoms with Crippen LogP contribution in [0.2, 0.25) is 0 Å². The average Bonchev–Trinajstić information content (AvgIpc) is 2.71. The number of hydrogen-bond donors (Lipinski definition) is 1. The fraction of sp³-hybridized carbons (Fsp3) is 0.273. The van der Waals surface area contributed by atoms with Gasteiger partial charge < -0.3 is 14.3 Å². The zero-order chi connectivity index (χ0) is 10.8. The third-order valence-electron chi connectivity index (χ3n) is 2.31. The summed E-state index contributed by atoms with van der Waals surface area (Å²) in [5.74, 6) is 0.696. The van der Waals surface area contributed by atoms with Crippen LogP contribution in [0, 0.1) is 0 Å². The van der Waals surface area contributed by atoms with E-state index in [1.54, 1.807) is 13.4 Å². The van der Waals surface area contributed by atoms with Crippen LogP contribution in [0.5, 0.6) is 5.75 Å². The Labute approximate surface area is 95.8 Å². The third-order valence-corrected chi connectivity index (χ3v) is 3.25. The van der Waals surface area contributed by atoms with Crippen LogP contribution in [0.4, 0.5) is 0 Å². The highest BCUT2D eigenvalue weighted by molar-refractivity contribution is 9.10. The maximum absolute atomic E-state index is 8.95. The Morgan fingerprint density at radius 3 is 3.00 bits per heavy atom. The molecule has 0 aliphatic carbocycles. The molecule has 2 rings (SSSR count). The fourth-order valence-electron chi connectivity index (χ4n) is 1.59. The van der Waals surface area contributed by atoms with Crippen molar-refractivity contribution in [3.05, 3.63) is 28.4 Å². The minimum Gasteiger partial charge on any atom is -0.493 e. The summed E-state index contributed by atoms with van der Waals surface area (Å²) < 4.78 is 11.5. The lowest BCUT2D eigenvalue weighted by Crippen LogP contribution is -1.94. The standard InChI is InChI=1S/C11H11BrO3/c1-14-9-6-7(2-4-13)10(12)8-3-5-15-11(8)9/h3,5-6,13H,2,4H2,1H3. The van der Waals surface area contributed by atoms with E-state index in [9.17, 15) is 0 Å². The quantitative estimate of drug-likeness (QED) is 0.933. The molecule has 1 aromatic carbocycles. The zero-order valence-electron chi connectivity index (χ0n) is 8.29. The topological polar surface area (TPSA) is 42.6 Å². The molecule has 0 fully saturated rings. The predicted octanol–water partition coefficient (Wildman–Crippen LogP) is 2.74. The molecule has 2 aromatic rings. The molecule has 1 heterocycles. The van der Waals surface area contributed by atoms with Crippen molar-refractivity contribution in [2.24, 2.45) is 0 Å². The molecule has 0 radical (unpaired) electrons. The molecule has 0 saturated heterocycles. The first-order valence-corrected chi connectivity index (χ1v) is 5.40. The lowest BCUT2D eigenvalue weighted by molar-refractivity contribution is 0.299. The maximum atomic E-state index is 8.95. The summed E-state index contributed by atoms with van der Waals surface area (Å²) in [6, 6.07) is 3.76. The first-order chi connectivity index (χ1) is 7.27. The van der Waals surface area contributed by atoms with Gasteiger partial charge in [0.2, 0.25) is 0 Å². The first kappa shape index (κ1) is 10.5. The lowest BCUT2D eigenvalue weighted by Gasteiger charge is -2.07. The number of fused-ring (bicyclic) bond motifs is 1. The van der Waals surface area contributed by atoms with E-state index in [4.69, 9.17) is 14.3 Å². The molecule has 0 spiro atoms. The Morgan fingerprint density at radius 1 is 1.53 bits per heavy atom. The highest BCUT2D eigenvalue weighted by atomic mass is 79.9. The summed E-state index contributed by atoms with van der Waals surface area (Å²) in [6.45, 7) is 0.116. The summed E-state index contributed by atoms with van der Waals surface area (Å²) in [7, 11) is 1.61. The predicted molar refractivity (Wildman–Crippen MR) is 61.3 cm³/mol. The van der Waals surface area contributed by atoms with Crippen LogP contribution in [0.3, 0.4) is 0 Å². The molecule has 1 N–H and O–H groups in total. The van der Waals surface area contributed by atoms with Crippen LogP contribution in [0.25, 0.3) is 11.0 Å². The molecule has 4 heteroatoms. The van der Waals surface area contributed by atoms with Crippen molar-refractivity contribution in [1.82, 2.24) is 0 Å². The normalized spacial score (nSPS) is 10.9. The van der Waals surface area contributed by atoms with E-state index in [-0.39, 0.29) is 6.61 Å². The van der Waals surface area contributed by atoms with Gasteiger partial charge in [0, 0.05) is 16.5 Å². The second kappa shape index (κ2) is 4.24. The van der Waals surface area contributed by atoms with Gasteiger partial charge in [0.15, 0.2) is 11.3 Å². The summed E-state index contributed by atoms with van der Waals surface area (Å²) >= 11 is 3.50. The highest BCUT2D eigenvalue weighted by Gasteiger charge is 2.12. The lowest BCUT2D eigenvalue weighted by atomic mass is 10.1. The number of benzene rings is 1. The van der Waals surface area contributed by atoms with Gasteiger partial charge in [-0.05, 0) is 40.0 Å². The van der Waals surface area contributed by atoms with Gasteiger partial charge in [-0.1, -0.05) is 0 Å². The van der Waals surface area contributed by atoms with E-state index in [1.807, 2.05) is 12.1 Å². The summed E-state index contributed by atoms with van der Waals surface area (Å²) in [6.07, 6.45) is 2.22. The van der Waals surface area contributed by atoms with Crippen molar-refractivity contribution in [3.63, 3.8) is 0 Å². The maximum Gasteiger partial charge on any atom is 0.176 e. The molecule has 0 bridgehead atoms. The fourth-order valence-corrected chi connectivity index (χ4v) is 2.21. The van der Waals surface area contributed by atoms with E-state index in [0.717, 1.165) is 21.0 Å². The number of aliphatic hydroxyl groups is 1. The average molecular weight is 271 g/mol. The Balaban J connectivity index is 2.67. The van der Waals surface area contributed by atoms with Gasteiger partial charge in [-0.25, -0.2) is 0 Å². The van der Waals surface area contributed by atoms with E-state index in [1.165, 1.54) is 0 Å². The highest BCUT2D eigenvalue weighted by Crippen LogP contribution is 2.35. The Kier molecular flexibility index (Phi) is 2.98. The van der Waals surface area contributed by atoms with Crippen LogP contribution < -0.4 is 4.74 Å². The van der Waals surface area contributed by atoms with Crippen molar-refractivity contribution < 1.29 is 14.3 Å². The van der Waals surface area contributed by atoms with Gasteiger partial charge in [-0.15, -0.1) is 0 Å². The SMILES string of the molecule is COc1cc(CCO)c(Br)c2ccoc12. The molecular formula is C11H11BrO3. The summed E-state index contributed by atoms with van der Waals surface area (Å²) in [5, 5.41) is 9.92. The zero-order valence-corrected chi connectivity index (χ0v) is 9.87. The number of hydrogen-bond acceptors (Lipinski definition) is 3. The molecule has 0 unspecified atom stereocenters. The molecule has 0 amide bonds. The van der Waals surface area contributed by atoms with Crippen LogP contribution in [0.15, 0.2) is 27.3 Å². The van der Waals surface area contributed by atoms with Gasteiger partial charge in [0.25, 0.3) is 0 Å². The third kappa shape index (κ3) is 1.75. The van der Waals surface area contributed by atoms with Crippen molar-refractivity contribution >= 4 is 26.9 Å². The molecule has 0 saturated carbocycles.